The molecular formula is C12H15NO4. The first-order valence-corrected chi connectivity index (χ1v) is 5.38. The predicted molar refractivity (Wildman–Crippen MR) is 64.8 cm³/mol. The van der Waals surface area contributed by atoms with Crippen molar-refractivity contribution in [2.24, 2.45) is 0 Å². The summed E-state index contributed by atoms with van der Waals surface area (Å²) in [6.45, 7) is 4.81. The van der Waals surface area contributed by atoms with Gasteiger partial charge in [-0.3, -0.25) is 10.1 Å². The van der Waals surface area contributed by atoms with Crippen LogP contribution in [0.25, 0.3) is 6.08 Å². The van der Waals surface area contributed by atoms with E-state index in [1.165, 1.54) is 6.08 Å². The minimum atomic E-state index is -0.508. The molecule has 17 heavy (non-hydrogen) atoms. The van der Waals surface area contributed by atoms with E-state index in [1.807, 2.05) is 13.8 Å². The third kappa shape index (κ3) is 4.14. The summed E-state index contributed by atoms with van der Waals surface area (Å²) in [6, 6.07) is 5.22. The molecule has 0 aliphatic heterocycles. The second-order valence-electron chi connectivity index (χ2n) is 3.17. The average molecular weight is 237 g/mol. The third-order valence-corrected chi connectivity index (χ3v) is 1.97. The highest BCUT2D eigenvalue weighted by Crippen LogP contribution is 2.26. The summed E-state index contributed by atoms with van der Waals surface area (Å²) in [6.07, 6.45) is 2.29. The number of hydrogen-bond acceptors (Lipinski definition) is 4. The lowest BCUT2D eigenvalue weighted by atomic mass is 10.2. The summed E-state index contributed by atoms with van der Waals surface area (Å²) < 4.78 is 10.7. The largest absolute Gasteiger partial charge is 0.494 e. The number of benzene rings is 1. The Labute approximate surface area is 99.8 Å². The van der Waals surface area contributed by atoms with E-state index < -0.39 is 4.92 Å². The van der Waals surface area contributed by atoms with Gasteiger partial charge in [0.25, 0.3) is 0 Å². The zero-order valence-corrected chi connectivity index (χ0v) is 9.88. The Morgan fingerprint density at radius 3 is 2.59 bits per heavy atom. The maximum absolute atomic E-state index is 10.3. The van der Waals surface area contributed by atoms with Crippen molar-refractivity contribution in [2.75, 3.05) is 13.2 Å². The molecule has 1 rings (SSSR count). The molecule has 0 atom stereocenters. The molecule has 0 aliphatic carbocycles. The molecule has 0 spiro atoms. The van der Waals surface area contributed by atoms with E-state index in [4.69, 9.17) is 9.47 Å². The average Bonchev–Trinajstić information content (AvgIpc) is 2.28. The van der Waals surface area contributed by atoms with Gasteiger partial charge < -0.3 is 9.47 Å². The second kappa shape index (κ2) is 6.52. The van der Waals surface area contributed by atoms with Gasteiger partial charge in [-0.05, 0) is 26.0 Å². The van der Waals surface area contributed by atoms with E-state index in [0.29, 0.717) is 30.3 Å². The topological polar surface area (TPSA) is 61.6 Å². The van der Waals surface area contributed by atoms with Crippen molar-refractivity contribution in [3.63, 3.8) is 0 Å². The molecule has 1 aromatic carbocycles. The predicted octanol–water partition coefficient (Wildman–Crippen LogP) is 2.73. The molecule has 1 aromatic rings. The molecule has 0 aliphatic rings. The van der Waals surface area contributed by atoms with Crippen molar-refractivity contribution in [2.45, 2.75) is 13.8 Å². The summed E-state index contributed by atoms with van der Waals surface area (Å²) in [7, 11) is 0. The van der Waals surface area contributed by atoms with Gasteiger partial charge in [-0.1, -0.05) is 0 Å². The molecule has 0 bridgehead atoms. The van der Waals surface area contributed by atoms with Gasteiger partial charge in [-0.15, -0.1) is 0 Å². The molecule has 92 valence electrons. The smallest absolute Gasteiger partial charge is 0.235 e. The van der Waals surface area contributed by atoms with E-state index in [0.717, 1.165) is 6.20 Å². The van der Waals surface area contributed by atoms with Crippen LogP contribution in [0, 0.1) is 10.1 Å². The van der Waals surface area contributed by atoms with Gasteiger partial charge in [0.2, 0.25) is 6.20 Å². The first kappa shape index (κ1) is 13.0. The van der Waals surface area contributed by atoms with Gasteiger partial charge in [0, 0.05) is 17.7 Å². The fourth-order valence-electron chi connectivity index (χ4n) is 1.33. The molecule has 0 heterocycles. The van der Waals surface area contributed by atoms with Crippen LogP contribution in [0.5, 0.6) is 11.5 Å². The van der Waals surface area contributed by atoms with Crippen molar-refractivity contribution in [3.05, 3.63) is 40.1 Å². The monoisotopic (exact) mass is 237 g/mol. The van der Waals surface area contributed by atoms with Crippen LogP contribution in [-0.4, -0.2) is 18.1 Å². The Balaban J connectivity index is 2.99. The number of hydrogen-bond donors (Lipinski definition) is 0. The fraction of sp³-hybridized carbons (Fsp3) is 0.333. The number of rotatable bonds is 6. The van der Waals surface area contributed by atoms with E-state index in [2.05, 4.69) is 0 Å². The van der Waals surface area contributed by atoms with Crippen molar-refractivity contribution in [1.82, 2.24) is 0 Å². The lowest BCUT2D eigenvalue weighted by Crippen LogP contribution is -1.97. The van der Waals surface area contributed by atoms with Crippen LogP contribution in [0.2, 0.25) is 0 Å². The lowest BCUT2D eigenvalue weighted by Gasteiger charge is -2.09. The summed E-state index contributed by atoms with van der Waals surface area (Å²) in [5.41, 5.74) is 0.659. The molecule has 0 N–H and O–H groups in total. The van der Waals surface area contributed by atoms with Crippen LogP contribution in [0.1, 0.15) is 19.4 Å². The van der Waals surface area contributed by atoms with Crippen molar-refractivity contribution >= 4 is 6.08 Å². The summed E-state index contributed by atoms with van der Waals surface area (Å²) in [5.74, 6) is 1.27. The Kier molecular flexibility index (Phi) is 5.00. The molecule has 5 nitrogen and oxygen atoms in total. The number of nitrogens with zero attached hydrogens (tertiary/aromatic N) is 1. The third-order valence-electron chi connectivity index (χ3n) is 1.97. The van der Waals surface area contributed by atoms with Crippen LogP contribution in [0.3, 0.4) is 0 Å². The SMILES string of the molecule is CCOc1ccc(/C=C/[N+](=O)[O-])c(OCC)c1. The molecule has 5 heteroatoms. The van der Waals surface area contributed by atoms with Gasteiger partial charge >= 0.3 is 0 Å². The normalized spacial score (nSPS) is 10.5. The van der Waals surface area contributed by atoms with Gasteiger partial charge in [0.05, 0.1) is 18.1 Å². The van der Waals surface area contributed by atoms with Crippen molar-refractivity contribution in [3.8, 4) is 11.5 Å². The molecule has 0 amide bonds. The van der Waals surface area contributed by atoms with Gasteiger partial charge in [0.15, 0.2) is 0 Å². The van der Waals surface area contributed by atoms with E-state index in [9.17, 15) is 10.1 Å². The molecule has 0 aromatic heterocycles. The minimum Gasteiger partial charge on any atom is -0.494 e. The highest BCUT2D eigenvalue weighted by atomic mass is 16.6. The van der Waals surface area contributed by atoms with Gasteiger partial charge in [-0.2, -0.15) is 0 Å². The summed E-state index contributed by atoms with van der Waals surface area (Å²) >= 11 is 0. The first-order valence-electron chi connectivity index (χ1n) is 5.38. The van der Waals surface area contributed by atoms with Crippen LogP contribution in [0.4, 0.5) is 0 Å². The number of nitro groups is 1. The highest BCUT2D eigenvalue weighted by molar-refractivity contribution is 5.58. The fourth-order valence-corrected chi connectivity index (χ4v) is 1.33. The first-order chi connectivity index (χ1) is 8.17. The maximum atomic E-state index is 10.3. The Morgan fingerprint density at radius 2 is 2.00 bits per heavy atom. The van der Waals surface area contributed by atoms with Crippen LogP contribution >= 0.6 is 0 Å². The van der Waals surface area contributed by atoms with Crippen LogP contribution < -0.4 is 9.47 Å². The Hall–Kier alpha value is -2.04. The van der Waals surface area contributed by atoms with Gasteiger partial charge in [-0.25, -0.2) is 0 Å². The quantitative estimate of drug-likeness (QED) is 0.563. The highest BCUT2D eigenvalue weighted by Gasteiger charge is 2.04. The van der Waals surface area contributed by atoms with Crippen molar-refractivity contribution in [1.29, 1.82) is 0 Å². The van der Waals surface area contributed by atoms with Crippen molar-refractivity contribution < 1.29 is 14.4 Å². The molecule has 0 unspecified atom stereocenters. The molecule has 0 saturated heterocycles. The summed E-state index contributed by atoms with van der Waals surface area (Å²) in [5, 5.41) is 10.3. The Morgan fingerprint density at radius 1 is 1.29 bits per heavy atom. The van der Waals surface area contributed by atoms with E-state index >= 15 is 0 Å². The zero-order valence-electron chi connectivity index (χ0n) is 9.88. The molecule has 0 fully saturated rings. The van der Waals surface area contributed by atoms with E-state index in [1.54, 1.807) is 18.2 Å². The minimum absolute atomic E-state index is 0.495. The van der Waals surface area contributed by atoms with Crippen LogP contribution in [0.15, 0.2) is 24.4 Å². The maximum Gasteiger partial charge on any atom is 0.235 e. The van der Waals surface area contributed by atoms with Gasteiger partial charge in [0.1, 0.15) is 11.5 Å². The molecular weight excluding hydrogens is 222 g/mol. The lowest BCUT2D eigenvalue weighted by molar-refractivity contribution is -0.400. The second-order valence-corrected chi connectivity index (χ2v) is 3.17. The molecule has 0 saturated carbocycles. The van der Waals surface area contributed by atoms with E-state index in [-0.39, 0.29) is 0 Å². The Bertz CT molecular complexity index is 415. The standard InChI is InChI=1S/C12H15NO4/c1-3-16-11-6-5-10(7-8-13(14)15)12(9-11)17-4-2/h5-9H,3-4H2,1-2H3/b8-7+. The molecule has 0 radical (unpaired) electrons. The number of ether oxygens (including phenoxy) is 2. The summed E-state index contributed by atoms with van der Waals surface area (Å²) in [4.78, 5) is 9.76. The zero-order chi connectivity index (χ0) is 12.7. The van der Waals surface area contributed by atoms with Crippen LogP contribution in [-0.2, 0) is 0 Å².